The fourth-order valence-electron chi connectivity index (χ4n) is 7.21. The Bertz CT molecular complexity index is 1000. The summed E-state index contributed by atoms with van der Waals surface area (Å²) in [5.41, 5.74) is 0. The summed E-state index contributed by atoms with van der Waals surface area (Å²) in [7, 11) is 1.58. The van der Waals surface area contributed by atoms with Crippen LogP contribution in [-0.4, -0.2) is 73.4 Å². The highest BCUT2D eigenvalue weighted by Crippen LogP contribution is 2.43. The maximum atomic E-state index is 12.9. The number of phosphoric ester groups is 1. The molecule has 0 bridgehead atoms. The van der Waals surface area contributed by atoms with Crippen LogP contribution < -0.4 is 5.32 Å². The Balaban J connectivity index is 4.16. The number of quaternary nitrogens is 1. The van der Waals surface area contributed by atoms with Crippen molar-refractivity contribution in [2.24, 2.45) is 0 Å². The predicted octanol–water partition coefficient (Wildman–Crippen LogP) is 14.1. The quantitative estimate of drug-likeness (QED) is 0.0244. The number of hydrogen-bond acceptors (Lipinski definition) is 5. The molecule has 58 heavy (non-hydrogen) atoms. The molecule has 0 rings (SSSR count). The number of rotatable bonds is 45. The van der Waals surface area contributed by atoms with E-state index in [9.17, 15) is 19.4 Å². The summed E-state index contributed by atoms with van der Waals surface area (Å²) in [5, 5.41) is 13.8. The molecule has 0 saturated heterocycles. The van der Waals surface area contributed by atoms with Crippen LogP contribution in [0.1, 0.15) is 232 Å². The molecule has 3 N–H and O–H groups in total. The molecule has 0 spiro atoms. The highest BCUT2D eigenvalue weighted by atomic mass is 31.2. The van der Waals surface area contributed by atoms with E-state index in [0.717, 1.165) is 38.5 Å². The van der Waals surface area contributed by atoms with Crippen LogP contribution in [0.15, 0.2) is 24.3 Å². The number of carbonyl (C=O) groups is 1. The van der Waals surface area contributed by atoms with E-state index in [1.54, 1.807) is 6.08 Å². The number of aliphatic hydroxyl groups excluding tert-OH is 1. The van der Waals surface area contributed by atoms with Crippen molar-refractivity contribution in [2.75, 3.05) is 40.9 Å². The number of likely N-dealkylation sites (N-methyl/N-ethyl adjacent to an activating group) is 1. The van der Waals surface area contributed by atoms with E-state index < -0.39 is 20.0 Å². The van der Waals surface area contributed by atoms with Gasteiger partial charge in [-0.2, -0.15) is 0 Å². The summed E-state index contributed by atoms with van der Waals surface area (Å²) in [6, 6.07) is -0.842. The van der Waals surface area contributed by atoms with Crippen molar-refractivity contribution in [3.8, 4) is 0 Å². The van der Waals surface area contributed by atoms with Crippen molar-refractivity contribution in [3.63, 3.8) is 0 Å². The van der Waals surface area contributed by atoms with Gasteiger partial charge in [0.15, 0.2) is 0 Å². The molecule has 0 fully saturated rings. The van der Waals surface area contributed by atoms with Gasteiger partial charge in [-0.15, -0.1) is 0 Å². The lowest BCUT2D eigenvalue weighted by Gasteiger charge is -2.25. The summed E-state index contributed by atoms with van der Waals surface area (Å²) in [4.78, 5) is 23.1. The fraction of sp³-hybridized carbons (Fsp3) is 0.898. The van der Waals surface area contributed by atoms with Gasteiger partial charge in [0.25, 0.3) is 0 Å². The molecular formula is C49H98N2O6P+. The molecule has 0 aromatic carbocycles. The van der Waals surface area contributed by atoms with Gasteiger partial charge in [0.1, 0.15) is 13.2 Å². The van der Waals surface area contributed by atoms with Gasteiger partial charge in [-0.1, -0.05) is 205 Å². The first-order valence-electron chi connectivity index (χ1n) is 24.7. The maximum absolute atomic E-state index is 12.9. The molecule has 0 aliphatic carbocycles. The SMILES string of the molecule is CCCCCCCCCC/C=C\CCCCCCCCCCCCCCCC(=O)NC(COP(=O)(O)OCC[N+](C)(C)C)C(O)/C=C/CCCCCCCCCCC. The summed E-state index contributed by atoms with van der Waals surface area (Å²) < 4.78 is 23.6. The maximum Gasteiger partial charge on any atom is 0.472 e. The fourth-order valence-corrected chi connectivity index (χ4v) is 7.95. The number of carbonyl (C=O) groups excluding carboxylic acids is 1. The van der Waals surface area contributed by atoms with Gasteiger partial charge in [-0.25, -0.2) is 4.57 Å². The second-order valence-corrected chi connectivity index (χ2v) is 19.6. The molecule has 0 aromatic rings. The first-order chi connectivity index (χ1) is 28.0. The van der Waals surface area contributed by atoms with Gasteiger partial charge in [-0.05, 0) is 44.9 Å². The molecule has 8 nitrogen and oxygen atoms in total. The second kappa shape index (κ2) is 41.3. The normalized spacial score (nSPS) is 14.4. The molecule has 344 valence electrons. The van der Waals surface area contributed by atoms with Crippen molar-refractivity contribution in [2.45, 2.75) is 244 Å². The Morgan fingerprint density at radius 2 is 0.931 bits per heavy atom. The number of nitrogens with zero attached hydrogens (tertiary/aromatic N) is 1. The van der Waals surface area contributed by atoms with Gasteiger partial charge in [0.05, 0.1) is 39.9 Å². The van der Waals surface area contributed by atoms with Crippen LogP contribution in [0.2, 0.25) is 0 Å². The van der Waals surface area contributed by atoms with Crippen LogP contribution >= 0.6 is 7.82 Å². The Morgan fingerprint density at radius 1 is 0.569 bits per heavy atom. The standard InChI is InChI=1S/C49H97N2O6P/c1-6-8-10-12-14-16-18-19-20-21-22-23-24-25-26-27-28-29-30-31-33-35-37-39-41-43-49(53)50-47(46-57-58(54,55)56-45-44-51(3,4)5)48(52)42-40-38-36-34-32-17-15-13-11-9-7-2/h21-22,40,42,47-48,52H,6-20,23-39,41,43-46H2,1-5H3,(H-,50,53,54,55)/p+1/b22-21-,42-40+. The number of unbranched alkanes of at least 4 members (excludes halogenated alkanes) is 30. The highest BCUT2D eigenvalue weighted by Gasteiger charge is 2.27. The van der Waals surface area contributed by atoms with Gasteiger partial charge in [0.2, 0.25) is 5.91 Å². The molecule has 0 radical (unpaired) electrons. The molecule has 3 unspecified atom stereocenters. The number of amides is 1. The van der Waals surface area contributed by atoms with Gasteiger partial charge in [0, 0.05) is 6.42 Å². The van der Waals surface area contributed by atoms with E-state index in [1.807, 2.05) is 27.2 Å². The average molecular weight is 842 g/mol. The van der Waals surface area contributed by atoms with Crippen LogP contribution in [0.5, 0.6) is 0 Å². The summed E-state index contributed by atoms with van der Waals surface area (Å²) in [6.45, 7) is 4.81. The minimum Gasteiger partial charge on any atom is -0.387 e. The van der Waals surface area contributed by atoms with Crippen LogP contribution in [-0.2, 0) is 18.4 Å². The molecule has 0 aromatic heterocycles. The molecular weight excluding hydrogens is 744 g/mol. The van der Waals surface area contributed by atoms with E-state index in [2.05, 4.69) is 31.3 Å². The minimum atomic E-state index is -4.33. The topological polar surface area (TPSA) is 105 Å². The minimum absolute atomic E-state index is 0.0629. The largest absolute Gasteiger partial charge is 0.472 e. The van der Waals surface area contributed by atoms with Crippen molar-refractivity contribution < 1.29 is 32.9 Å². The first kappa shape index (κ1) is 57.0. The van der Waals surface area contributed by atoms with Crippen LogP contribution in [0.3, 0.4) is 0 Å². The monoisotopic (exact) mass is 842 g/mol. The third-order valence-corrected chi connectivity index (χ3v) is 12.1. The van der Waals surface area contributed by atoms with Crippen LogP contribution in [0, 0.1) is 0 Å². The van der Waals surface area contributed by atoms with Gasteiger partial charge >= 0.3 is 7.82 Å². The Labute approximate surface area is 360 Å². The second-order valence-electron chi connectivity index (χ2n) is 18.2. The van der Waals surface area contributed by atoms with Crippen molar-refractivity contribution in [1.29, 1.82) is 0 Å². The zero-order valence-corrected chi connectivity index (χ0v) is 39.9. The Hall–Kier alpha value is -1.02. The number of hydrogen-bond donors (Lipinski definition) is 3. The van der Waals surface area contributed by atoms with E-state index in [4.69, 9.17) is 9.05 Å². The average Bonchev–Trinajstić information content (AvgIpc) is 3.17. The summed E-state index contributed by atoms with van der Waals surface area (Å²) in [5.74, 6) is -0.177. The number of nitrogens with one attached hydrogen (secondary N) is 1. The van der Waals surface area contributed by atoms with Crippen molar-refractivity contribution >= 4 is 13.7 Å². The Kier molecular flexibility index (Phi) is 40.6. The molecule has 0 aliphatic rings. The van der Waals surface area contributed by atoms with E-state index in [0.29, 0.717) is 17.4 Å². The van der Waals surface area contributed by atoms with E-state index >= 15 is 0 Å². The number of aliphatic hydroxyl groups is 1. The van der Waals surface area contributed by atoms with Gasteiger partial charge in [-0.3, -0.25) is 13.8 Å². The van der Waals surface area contributed by atoms with Crippen LogP contribution in [0.25, 0.3) is 0 Å². The zero-order valence-electron chi connectivity index (χ0n) is 39.0. The molecule has 0 saturated carbocycles. The molecule has 1 amide bonds. The lowest BCUT2D eigenvalue weighted by atomic mass is 10.0. The van der Waals surface area contributed by atoms with Gasteiger partial charge < -0.3 is 19.8 Å². The highest BCUT2D eigenvalue weighted by molar-refractivity contribution is 7.47. The van der Waals surface area contributed by atoms with Crippen molar-refractivity contribution in [1.82, 2.24) is 5.32 Å². The zero-order chi connectivity index (χ0) is 42.8. The lowest BCUT2D eigenvalue weighted by Crippen LogP contribution is -2.45. The molecule has 0 aliphatic heterocycles. The number of allylic oxidation sites excluding steroid dienone is 3. The summed E-state index contributed by atoms with van der Waals surface area (Å²) >= 11 is 0. The lowest BCUT2D eigenvalue weighted by molar-refractivity contribution is -0.870. The van der Waals surface area contributed by atoms with Crippen molar-refractivity contribution in [3.05, 3.63) is 24.3 Å². The molecule has 9 heteroatoms. The van der Waals surface area contributed by atoms with Crippen LogP contribution in [0.4, 0.5) is 0 Å². The number of phosphoric acid groups is 1. The third-order valence-electron chi connectivity index (χ3n) is 11.2. The smallest absolute Gasteiger partial charge is 0.387 e. The predicted molar refractivity (Wildman–Crippen MR) is 249 cm³/mol. The summed E-state index contributed by atoms with van der Waals surface area (Å²) in [6.07, 6.45) is 49.8. The molecule has 0 heterocycles. The first-order valence-corrected chi connectivity index (χ1v) is 26.2. The van der Waals surface area contributed by atoms with E-state index in [-0.39, 0.29) is 19.1 Å². The van der Waals surface area contributed by atoms with E-state index in [1.165, 1.54) is 173 Å². The third kappa shape index (κ3) is 43.1. The molecule has 3 atom stereocenters. The Morgan fingerprint density at radius 3 is 1.33 bits per heavy atom.